The number of aliphatic hydroxyl groups is 1. The number of aromatic nitrogens is 3. The van der Waals surface area contributed by atoms with E-state index in [1.54, 1.807) is 18.2 Å². The number of rotatable bonds is 4. The van der Waals surface area contributed by atoms with Gasteiger partial charge in [0, 0.05) is 19.2 Å². The van der Waals surface area contributed by atoms with Gasteiger partial charge in [0.15, 0.2) is 0 Å². The molecule has 16 heavy (non-hydrogen) atoms. The molecule has 2 rings (SSSR count). The van der Waals surface area contributed by atoms with Crippen molar-refractivity contribution in [2.45, 2.75) is 6.42 Å². The van der Waals surface area contributed by atoms with Gasteiger partial charge in [-0.2, -0.15) is 0 Å². The van der Waals surface area contributed by atoms with E-state index in [4.69, 9.17) is 5.11 Å². The highest BCUT2D eigenvalue weighted by molar-refractivity contribution is 5.71. The van der Waals surface area contributed by atoms with Crippen LogP contribution in [0.5, 0.6) is 0 Å². The van der Waals surface area contributed by atoms with Crippen LogP contribution in [0.2, 0.25) is 0 Å². The lowest BCUT2D eigenvalue weighted by atomic mass is 10.3. The average molecular weight is 220 g/mol. The summed E-state index contributed by atoms with van der Waals surface area (Å²) in [5.74, 6) is 0.280. The first-order valence-corrected chi connectivity index (χ1v) is 5.02. The third kappa shape index (κ3) is 2.17. The van der Waals surface area contributed by atoms with E-state index in [2.05, 4.69) is 15.4 Å². The summed E-state index contributed by atoms with van der Waals surface area (Å²) >= 11 is 0. The Hall–Kier alpha value is -1.95. The topological polar surface area (TPSA) is 85.0 Å². The predicted molar refractivity (Wildman–Crippen MR) is 58.7 cm³/mol. The molecule has 0 spiro atoms. The van der Waals surface area contributed by atoms with Crippen LogP contribution in [0.3, 0.4) is 0 Å². The lowest BCUT2D eigenvalue weighted by molar-refractivity contribution is -0.641. The van der Waals surface area contributed by atoms with Crippen molar-refractivity contribution in [2.24, 2.45) is 0 Å². The largest absolute Gasteiger partial charge is 0.594 e. The Bertz CT molecular complexity index is 489. The fourth-order valence-corrected chi connectivity index (χ4v) is 1.35. The van der Waals surface area contributed by atoms with E-state index >= 15 is 0 Å². The molecule has 0 amide bonds. The molecule has 1 heterocycles. The molecule has 1 aromatic carbocycles. The third-order valence-electron chi connectivity index (χ3n) is 2.12. The molecule has 0 aliphatic rings. The van der Waals surface area contributed by atoms with Crippen molar-refractivity contribution in [3.05, 3.63) is 29.5 Å². The summed E-state index contributed by atoms with van der Waals surface area (Å²) in [7, 11) is 0. The summed E-state index contributed by atoms with van der Waals surface area (Å²) in [6, 6.07) is 6.99. The Balaban J connectivity index is 2.27. The maximum absolute atomic E-state index is 11.5. The molecule has 0 bridgehead atoms. The summed E-state index contributed by atoms with van der Waals surface area (Å²) in [5.41, 5.74) is 1.04. The minimum Gasteiger partial charge on any atom is -0.594 e. The van der Waals surface area contributed by atoms with Crippen LogP contribution in [-0.4, -0.2) is 28.3 Å². The van der Waals surface area contributed by atoms with E-state index < -0.39 is 0 Å². The number of hydrogen-bond donors (Lipinski definition) is 2. The van der Waals surface area contributed by atoms with Crippen molar-refractivity contribution in [1.82, 2.24) is 10.1 Å². The Morgan fingerprint density at radius 2 is 2.19 bits per heavy atom. The minimum absolute atomic E-state index is 0.0952. The van der Waals surface area contributed by atoms with E-state index in [-0.39, 0.29) is 12.6 Å². The summed E-state index contributed by atoms with van der Waals surface area (Å²) in [5, 5.41) is 26.7. The molecule has 0 aliphatic carbocycles. The lowest BCUT2D eigenvalue weighted by Crippen LogP contribution is -2.33. The number of hydrogen-bond acceptors (Lipinski definition) is 5. The highest BCUT2D eigenvalue weighted by Gasteiger charge is 2.08. The number of nitrogens with one attached hydrogen (secondary N) is 1. The zero-order valence-corrected chi connectivity index (χ0v) is 8.63. The third-order valence-corrected chi connectivity index (χ3v) is 2.12. The van der Waals surface area contributed by atoms with Crippen LogP contribution in [0, 0.1) is 5.21 Å². The van der Waals surface area contributed by atoms with Gasteiger partial charge < -0.3 is 15.6 Å². The van der Waals surface area contributed by atoms with E-state index in [9.17, 15) is 5.21 Å². The first-order valence-electron chi connectivity index (χ1n) is 5.02. The van der Waals surface area contributed by atoms with E-state index in [0.717, 1.165) is 0 Å². The van der Waals surface area contributed by atoms with E-state index in [1.807, 2.05) is 6.07 Å². The van der Waals surface area contributed by atoms with E-state index in [1.165, 1.54) is 0 Å². The fourth-order valence-electron chi connectivity index (χ4n) is 1.35. The molecule has 2 N–H and O–H groups in total. The molecule has 0 aliphatic heterocycles. The minimum atomic E-state index is 0.0952. The summed E-state index contributed by atoms with van der Waals surface area (Å²) in [6.07, 6.45) is 0.592. The number of benzene rings is 1. The molecular weight excluding hydrogens is 208 g/mol. The van der Waals surface area contributed by atoms with Gasteiger partial charge >= 0.3 is 0 Å². The molecular formula is C10H12N4O2. The number of para-hydroxylation sites is 2. The van der Waals surface area contributed by atoms with Gasteiger partial charge in [0.25, 0.3) is 11.5 Å². The Morgan fingerprint density at radius 3 is 3.00 bits per heavy atom. The maximum atomic E-state index is 11.5. The second-order valence-electron chi connectivity index (χ2n) is 3.30. The monoisotopic (exact) mass is 220 g/mol. The van der Waals surface area contributed by atoms with Gasteiger partial charge in [0.05, 0.1) is 5.10 Å². The average Bonchev–Trinajstić information content (AvgIpc) is 2.30. The zero-order valence-electron chi connectivity index (χ0n) is 8.63. The van der Waals surface area contributed by atoms with Gasteiger partial charge in [-0.25, -0.2) is 4.98 Å². The zero-order chi connectivity index (χ0) is 11.4. The van der Waals surface area contributed by atoms with Crippen molar-refractivity contribution < 1.29 is 9.95 Å². The molecule has 84 valence electrons. The number of fused-ring (bicyclic) bond motifs is 1. The maximum Gasteiger partial charge on any atom is 0.290 e. The molecule has 0 unspecified atom stereocenters. The number of anilines is 1. The standard InChI is InChI=1S/C10H12N4O2/c15-7-3-6-11-10-12-8-4-1-2-5-9(8)14(16)13-10/h1-2,4-5,15H,3,6-7H2,(H,11,12,13). The first kappa shape index (κ1) is 10.6. The molecule has 0 saturated heterocycles. The summed E-state index contributed by atoms with van der Waals surface area (Å²) in [6.45, 7) is 0.632. The van der Waals surface area contributed by atoms with Crippen molar-refractivity contribution in [2.75, 3.05) is 18.5 Å². The normalized spacial score (nSPS) is 10.6. The number of aliphatic hydroxyl groups excluding tert-OH is 1. The summed E-state index contributed by atoms with van der Waals surface area (Å²) < 4.78 is 0. The second kappa shape index (κ2) is 4.71. The van der Waals surface area contributed by atoms with Gasteiger partial charge in [0.2, 0.25) is 0 Å². The van der Waals surface area contributed by atoms with Crippen LogP contribution in [0.4, 0.5) is 5.95 Å². The molecule has 2 aromatic rings. The Kier molecular flexibility index (Phi) is 3.11. The molecule has 0 atom stereocenters. The fraction of sp³-hybridized carbons (Fsp3) is 0.300. The van der Waals surface area contributed by atoms with Gasteiger partial charge in [-0.3, -0.25) is 0 Å². The molecule has 6 heteroatoms. The summed E-state index contributed by atoms with van der Waals surface area (Å²) in [4.78, 5) is 4.73. The van der Waals surface area contributed by atoms with Gasteiger partial charge in [-0.05, 0) is 17.3 Å². The van der Waals surface area contributed by atoms with Crippen LogP contribution < -0.4 is 10.2 Å². The van der Waals surface area contributed by atoms with Crippen LogP contribution in [0.1, 0.15) is 6.42 Å². The van der Waals surface area contributed by atoms with Crippen molar-refractivity contribution >= 4 is 17.0 Å². The van der Waals surface area contributed by atoms with Crippen molar-refractivity contribution in [1.29, 1.82) is 0 Å². The number of nitrogens with zero attached hydrogens (tertiary/aromatic N) is 3. The Morgan fingerprint density at radius 1 is 1.38 bits per heavy atom. The second-order valence-corrected chi connectivity index (χ2v) is 3.30. The van der Waals surface area contributed by atoms with Crippen LogP contribution >= 0.6 is 0 Å². The van der Waals surface area contributed by atoms with Crippen LogP contribution in [0.15, 0.2) is 24.3 Å². The lowest BCUT2D eigenvalue weighted by Gasteiger charge is -2.03. The first-order chi connectivity index (χ1) is 7.81. The van der Waals surface area contributed by atoms with Crippen LogP contribution in [-0.2, 0) is 0 Å². The Labute approximate surface area is 92.1 Å². The molecule has 0 fully saturated rings. The molecule has 0 saturated carbocycles. The smallest absolute Gasteiger partial charge is 0.290 e. The van der Waals surface area contributed by atoms with E-state index in [0.29, 0.717) is 28.8 Å². The highest BCUT2D eigenvalue weighted by atomic mass is 16.5. The molecule has 6 nitrogen and oxygen atoms in total. The predicted octanol–water partition coefficient (Wildman–Crippen LogP) is 0.0575. The SMILES string of the molecule is [O-][n+]1nc(NCCCO)nc2ccccc21. The van der Waals surface area contributed by atoms with Crippen LogP contribution in [0.25, 0.3) is 11.0 Å². The van der Waals surface area contributed by atoms with Crippen molar-refractivity contribution in [3.8, 4) is 0 Å². The molecule has 0 radical (unpaired) electrons. The van der Waals surface area contributed by atoms with Gasteiger partial charge in [-0.1, -0.05) is 12.1 Å². The van der Waals surface area contributed by atoms with Crippen molar-refractivity contribution in [3.63, 3.8) is 0 Å². The highest BCUT2D eigenvalue weighted by Crippen LogP contribution is 2.07. The van der Waals surface area contributed by atoms with Gasteiger partial charge in [-0.15, -0.1) is 0 Å². The van der Waals surface area contributed by atoms with Gasteiger partial charge in [0.1, 0.15) is 5.52 Å². The molecule has 1 aromatic heterocycles. The quantitative estimate of drug-likeness (QED) is 0.432.